The van der Waals surface area contributed by atoms with E-state index in [9.17, 15) is 15.2 Å². The van der Waals surface area contributed by atoms with Crippen molar-refractivity contribution >= 4 is 5.69 Å². The Kier molecular flexibility index (Phi) is 4.68. The summed E-state index contributed by atoms with van der Waals surface area (Å²) in [5, 5.41) is 22.8. The van der Waals surface area contributed by atoms with Crippen molar-refractivity contribution in [2.24, 2.45) is 0 Å². The number of para-hydroxylation sites is 2. The van der Waals surface area contributed by atoms with Gasteiger partial charge < -0.3 is 15.2 Å². The van der Waals surface area contributed by atoms with Crippen molar-refractivity contribution in [3.63, 3.8) is 0 Å². The van der Waals surface area contributed by atoms with Crippen LogP contribution in [0.3, 0.4) is 0 Å². The molecule has 0 aliphatic carbocycles. The highest BCUT2D eigenvalue weighted by atomic mass is 16.6. The molecule has 0 saturated carbocycles. The molecule has 0 heterocycles. The molecule has 1 atom stereocenters. The molecule has 1 aromatic carbocycles. The van der Waals surface area contributed by atoms with Gasteiger partial charge in [0.15, 0.2) is 5.75 Å². The maximum Gasteiger partial charge on any atom is 0.310 e. The molecule has 0 fully saturated rings. The fraction of sp³-hybridized carbons (Fsp3) is 0.400. The largest absolute Gasteiger partial charge is 0.484 e. The van der Waals surface area contributed by atoms with Gasteiger partial charge in [-0.25, -0.2) is 0 Å². The van der Waals surface area contributed by atoms with Crippen LogP contribution in [0.5, 0.6) is 5.75 Å². The zero-order valence-corrected chi connectivity index (χ0v) is 8.92. The number of nitro groups is 1. The number of hydrogen-bond donors (Lipinski definition) is 2. The van der Waals surface area contributed by atoms with E-state index in [4.69, 9.17) is 4.74 Å². The molecular formula is C10H14N2O4. The predicted octanol–water partition coefficient (Wildman–Crippen LogP) is 0.554. The van der Waals surface area contributed by atoms with Crippen molar-refractivity contribution in [1.29, 1.82) is 0 Å². The molecule has 88 valence electrons. The molecule has 1 unspecified atom stereocenters. The molecule has 1 aromatic rings. The van der Waals surface area contributed by atoms with E-state index in [2.05, 4.69) is 5.32 Å². The highest BCUT2D eigenvalue weighted by Gasteiger charge is 2.14. The SMILES string of the molecule is CNCC(O)COc1ccccc1[N+](=O)[O-]. The highest BCUT2D eigenvalue weighted by molar-refractivity contribution is 5.45. The monoisotopic (exact) mass is 226 g/mol. The van der Waals surface area contributed by atoms with Crippen LogP contribution in [0.2, 0.25) is 0 Å². The summed E-state index contributed by atoms with van der Waals surface area (Å²) in [6.45, 7) is 0.395. The lowest BCUT2D eigenvalue weighted by Crippen LogP contribution is -2.29. The number of nitro benzene ring substituents is 1. The first-order chi connectivity index (χ1) is 7.65. The molecule has 0 radical (unpaired) electrons. The molecule has 0 bridgehead atoms. The van der Waals surface area contributed by atoms with Crippen molar-refractivity contribution in [2.45, 2.75) is 6.10 Å². The van der Waals surface area contributed by atoms with Gasteiger partial charge in [-0.05, 0) is 13.1 Å². The van der Waals surface area contributed by atoms with Gasteiger partial charge in [-0.1, -0.05) is 12.1 Å². The molecule has 2 N–H and O–H groups in total. The summed E-state index contributed by atoms with van der Waals surface area (Å²) in [5.41, 5.74) is -0.0980. The molecule has 0 amide bonds. The van der Waals surface area contributed by atoms with Gasteiger partial charge in [-0.15, -0.1) is 0 Å². The van der Waals surface area contributed by atoms with E-state index in [1.165, 1.54) is 12.1 Å². The molecular weight excluding hydrogens is 212 g/mol. The number of aliphatic hydroxyl groups is 1. The van der Waals surface area contributed by atoms with Gasteiger partial charge in [0, 0.05) is 12.6 Å². The number of nitrogens with one attached hydrogen (secondary N) is 1. The van der Waals surface area contributed by atoms with Crippen LogP contribution in [0.15, 0.2) is 24.3 Å². The van der Waals surface area contributed by atoms with Crippen LogP contribution in [0.1, 0.15) is 0 Å². The smallest absolute Gasteiger partial charge is 0.310 e. The highest BCUT2D eigenvalue weighted by Crippen LogP contribution is 2.25. The molecule has 1 rings (SSSR count). The molecule has 0 aliphatic heterocycles. The standard InChI is InChI=1S/C10H14N2O4/c1-11-6-8(13)7-16-10-5-3-2-4-9(10)12(14)15/h2-5,8,11,13H,6-7H2,1H3. The van der Waals surface area contributed by atoms with Crippen LogP contribution >= 0.6 is 0 Å². The average molecular weight is 226 g/mol. The lowest BCUT2D eigenvalue weighted by atomic mass is 10.3. The molecule has 0 aromatic heterocycles. The van der Waals surface area contributed by atoms with Crippen LogP contribution in [0.4, 0.5) is 5.69 Å². The van der Waals surface area contributed by atoms with E-state index in [-0.39, 0.29) is 18.0 Å². The van der Waals surface area contributed by atoms with Crippen LogP contribution in [0, 0.1) is 10.1 Å². The van der Waals surface area contributed by atoms with Crippen LogP contribution < -0.4 is 10.1 Å². The Labute approximate surface area is 93.0 Å². The number of benzene rings is 1. The van der Waals surface area contributed by atoms with E-state index in [0.29, 0.717) is 6.54 Å². The second-order valence-electron chi connectivity index (χ2n) is 3.25. The quantitative estimate of drug-likeness (QED) is 0.546. The van der Waals surface area contributed by atoms with Crippen molar-refractivity contribution in [3.05, 3.63) is 34.4 Å². The van der Waals surface area contributed by atoms with Gasteiger partial charge >= 0.3 is 5.69 Å². The lowest BCUT2D eigenvalue weighted by molar-refractivity contribution is -0.385. The summed E-state index contributed by atoms with van der Waals surface area (Å²) in [7, 11) is 1.70. The Balaban J connectivity index is 2.63. The third kappa shape index (κ3) is 3.48. The van der Waals surface area contributed by atoms with Gasteiger partial charge in [0.1, 0.15) is 12.7 Å². The topological polar surface area (TPSA) is 84.6 Å². The minimum absolute atomic E-state index is 0.0195. The fourth-order valence-corrected chi connectivity index (χ4v) is 1.21. The maximum absolute atomic E-state index is 10.6. The van der Waals surface area contributed by atoms with E-state index in [1.807, 2.05) is 0 Å². The van der Waals surface area contributed by atoms with Gasteiger partial charge in [-0.2, -0.15) is 0 Å². The Bertz CT molecular complexity index is 356. The number of hydrogen-bond acceptors (Lipinski definition) is 5. The van der Waals surface area contributed by atoms with Gasteiger partial charge in [0.05, 0.1) is 4.92 Å². The summed E-state index contributed by atoms with van der Waals surface area (Å²) in [5.74, 6) is 0.169. The molecule has 0 saturated heterocycles. The molecule has 0 spiro atoms. The van der Waals surface area contributed by atoms with E-state index in [0.717, 1.165) is 0 Å². The summed E-state index contributed by atoms with van der Waals surface area (Å²) < 4.78 is 5.18. The van der Waals surface area contributed by atoms with Crippen LogP contribution in [-0.2, 0) is 0 Å². The first-order valence-corrected chi connectivity index (χ1v) is 4.84. The fourth-order valence-electron chi connectivity index (χ4n) is 1.21. The second kappa shape index (κ2) is 6.04. The Hall–Kier alpha value is -1.66. The number of rotatable bonds is 6. The number of aliphatic hydroxyl groups excluding tert-OH is 1. The molecule has 6 nitrogen and oxygen atoms in total. The summed E-state index contributed by atoms with van der Waals surface area (Å²) >= 11 is 0. The normalized spacial score (nSPS) is 12.1. The summed E-state index contributed by atoms with van der Waals surface area (Å²) in [6, 6.07) is 6.08. The average Bonchev–Trinajstić information content (AvgIpc) is 2.27. The third-order valence-electron chi connectivity index (χ3n) is 1.93. The van der Waals surface area contributed by atoms with Crippen molar-refractivity contribution in [3.8, 4) is 5.75 Å². The van der Waals surface area contributed by atoms with Crippen LogP contribution in [-0.4, -0.2) is 36.3 Å². The Morgan fingerprint density at radius 1 is 1.56 bits per heavy atom. The second-order valence-corrected chi connectivity index (χ2v) is 3.25. The Morgan fingerprint density at radius 2 is 2.25 bits per heavy atom. The van der Waals surface area contributed by atoms with E-state index >= 15 is 0 Å². The molecule has 6 heteroatoms. The predicted molar refractivity (Wildman–Crippen MR) is 58.5 cm³/mol. The zero-order valence-electron chi connectivity index (χ0n) is 8.92. The number of likely N-dealkylation sites (N-methyl/N-ethyl adjacent to an activating group) is 1. The van der Waals surface area contributed by atoms with Gasteiger partial charge in [0.2, 0.25) is 0 Å². The first kappa shape index (κ1) is 12.4. The van der Waals surface area contributed by atoms with Gasteiger partial charge in [-0.3, -0.25) is 10.1 Å². The van der Waals surface area contributed by atoms with Crippen molar-refractivity contribution in [1.82, 2.24) is 5.32 Å². The maximum atomic E-state index is 10.6. The summed E-state index contributed by atoms with van der Waals surface area (Å²) in [4.78, 5) is 10.1. The van der Waals surface area contributed by atoms with E-state index in [1.54, 1.807) is 19.2 Å². The van der Waals surface area contributed by atoms with Crippen molar-refractivity contribution < 1.29 is 14.8 Å². The minimum atomic E-state index is -0.690. The third-order valence-corrected chi connectivity index (χ3v) is 1.93. The number of nitrogens with zero attached hydrogens (tertiary/aromatic N) is 1. The first-order valence-electron chi connectivity index (χ1n) is 4.84. The van der Waals surface area contributed by atoms with Crippen LogP contribution in [0.25, 0.3) is 0 Å². The number of ether oxygens (including phenoxy) is 1. The lowest BCUT2D eigenvalue weighted by Gasteiger charge is -2.11. The molecule has 0 aliphatic rings. The zero-order chi connectivity index (χ0) is 12.0. The summed E-state index contributed by atoms with van der Waals surface area (Å²) in [6.07, 6.45) is -0.690. The van der Waals surface area contributed by atoms with Gasteiger partial charge in [0.25, 0.3) is 0 Å². The molecule has 16 heavy (non-hydrogen) atoms. The Morgan fingerprint density at radius 3 is 2.88 bits per heavy atom. The van der Waals surface area contributed by atoms with Crippen molar-refractivity contribution in [2.75, 3.05) is 20.2 Å². The minimum Gasteiger partial charge on any atom is -0.484 e. The van der Waals surface area contributed by atoms with E-state index < -0.39 is 11.0 Å².